The van der Waals surface area contributed by atoms with E-state index in [0.29, 0.717) is 24.1 Å². The van der Waals surface area contributed by atoms with Gasteiger partial charge < -0.3 is 20.5 Å². The van der Waals surface area contributed by atoms with E-state index in [4.69, 9.17) is 0 Å². The molecule has 1 aliphatic heterocycles. The molecule has 1 atom stereocenters. The van der Waals surface area contributed by atoms with Crippen molar-refractivity contribution < 1.29 is 24.2 Å². The van der Waals surface area contributed by atoms with Gasteiger partial charge in [0.25, 0.3) is 11.5 Å². The molecular weight excluding hydrogens is 419 g/mol. The van der Waals surface area contributed by atoms with Gasteiger partial charge in [-0.3, -0.25) is 14.5 Å². The number of nitrogens with one attached hydrogen (secondary N) is 2. The van der Waals surface area contributed by atoms with Crippen molar-refractivity contribution in [3.63, 3.8) is 0 Å². The zero-order valence-electron chi connectivity index (χ0n) is 16.7. The Bertz CT molecular complexity index is 1240. The Labute approximate surface area is 181 Å². The second-order valence-corrected chi connectivity index (χ2v) is 7.29. The van der Waals surface area contributed by atoms with Crippen molar-refractivity contribution in [1.82, 2.24) is 15.3 Å². The van der Waals surface area contributed by atoms with Crippen LogP contribution >= 0.6 is 0 Å². The van der Waals surface area contributed by atoms with Crippen molar-refractivity contribution >= 4 is 17.7 Å². The summed E-state index contributed by atoms with van der Waals surface area (Å²) in [5, 5.41) is 22.4. The Morgan fingerprint density at radius 1 is 1.19 bits per heavy atom. The number of carbonyl (C=O) groups is 2. The number of benzene rings is 2. The number of aromatic amines is 1. The van der Waals surface area contributed by atoms with Crippen LogP contribution in [-0.4, -0.2) is 32.2 Å². The number of H-pyrrole nitrogens is 1. The summed E-state index contributed by atoms with van der Waals surface area (Å²) >= 11 is 0. The van der Waals surface area contributed by atoms with Crippen molar-refractivity contribution in [1.29, 1.82) is 0 Å². The number of hydrogen-bond donors (Lipinski definition) is 4. The molecule has 0 aliphatic carbocycles. The van der Waals surface area contributed by atoms with Gasteiger partial charge in [-0.25, -0.2) is 14.2 Å². The average molecular weight is 438 g/mol. The molecule has 3 aromatic rings. The van der Waals surface area contributed by atoms with Gasteiger partial charge in [-0.1, -0.05) is 30.3 Å². The van der Waals surface area contributed by atoms with Crippen LogP contribution in [0.1, 0.15) is 39.9 Å². The number of carbonyl (C=O) groups excluding carboxylic acids is 1. The predicted octanol–water partition coefficient (Wildman–Crippen LogP) is 2.72. The molecule has 2 amide bonds. The third-order valence-electron chi connectivity index (χ3n) is 5.27. The zero-order valence-corrected chi connectivity index (χ0v) is 16.7. The van der Waals surface area contributed by atoms with Crippen LogP contribution in [0.25, 0.3) is 0 Å². The van der Waals surface area contributed by atoms with E-state index in [1.165, 1.54) is 24.3 Å². The summed E-state index contributed by atoms with van der Waals surface area (Å²) in [7, 11) is 0. The highest BCUT2D eigenvalue weighted by molar-refractivity contribution is 5.94. The van der Waals surface area contributed by atoms with E-state index in [1.807, 2.05) is 12.1 Å². The number of nitrogens with zero attached hydrogens (tertiary/aromatic N) is 2. The summed E-state index contributed by atoms with van der Waals surface area (Å²) in [5.41, 5.74) is 0.435. The van der Waals surface area contributed by atoms with Crippen molar-refractivity contribution in [2.45, 2.75) is 25.4 Å². The zero-order chi connectivity index (χ0) is 22.8. The first-order valence-electron chi connectivity index (χ1n) is 9.81. The summed E-state index contributed by atoms with van der Waals surface area (Å²) in [4.78, 5) is 44.5. The second-order valence-electron chi connectivity index (χ2n) is 7.29. The maximum Gasteiger partial charge on any atom is 0.412 e. The number of aromatic nitrogens is 2. The third-order valence-corrected chi connectivity index (χ3v) is 5.27. The predicted molar refractivity (Wildman–Crippen MR) is 112 cm³/mol. The molecule has 10 heteroatoms. The van der Waals surface area contributed by atoms with E-state index < -0.39 is 40.9 Å². The number of anilines is 1. The maximum atomic E-state index is 13.0. The normalized spacial score (nSPS) is 15.2. The van der Waals surface area contributed by atoms with E-state index in [-0.39, 0.29) is 12.4 Å². The van der Waals surface area contributed by atoms with Crippen LogP contribution in [0.2, 0.25) is 0 Å². The fraction of sp³-hybridized carbons (Fsp3) is 0.182. The molecule has 32 heavy (non-hydrogen) atoms. The highest BCUT2D eigenvalue weighted by atomic mass is 19.1. The number of rotatable bonds is 4. The van der Waals surface area contributed by atoms with E-state index in [9.17, 15) is 29.0 Å². The molecular formula is C22H19FN4O5. The monoisotopic (exact) mass is 438 g/mol. The van der Waals surface area contributed by atoms with Gasteiger partial charge in [-0.2, -0.15) is 0 Å². The lowest BCUT2D eigenvalue weighted by Crippen LogP contribution is -2.39. The SMILES string of the molecule is O=C(NCc1ccc(F)cc1)c1nc(C2CCc3ccccc3N2C(=O)O)[nH]c(=O)c1O. The quantitative estimate of drug-likeness (QED) is 0.495. The molecule has 0 saturated carbocycles. The van der Waals surface area contributed by atoms with Gasteiger partial charge in [0, 0.05) is 6.54 Å². The Balaban J connectivity index is 1.64. The Hall–Kier alpha value is -4.21. The number of hydrogen-bond acceptors (Lipinski definition) is 5. The van der Waals surface area contributed by atoms with E-state index >= 15 is 0 Å². The summed E-state index contributed by atoms with van der Waals surface area (Å²) < 4.78 is 13.0. The summed E-state index contributed by atoms with van der Waals surface area (Å²) in [6.07, 6.45) is -0.366. The van der Waals surface area contributed by atoms with Crippen molar-refractivity contribution in [2.75, 3.05) is 4.90 Å². The molecule has 0 bridgehead atoms. The number of carboxylic acid groups (broad SMARTS) is 1. The highest BCUT2D eigenvalue weighted by Crippen LogP contribution is 2.37. The van der Waals surface area contributed by atoms with Crippen molar-refractivity contribution in [3.05, 3.63) is 87.3 Å². The lowest BCUT2D eigenvalue weighted by molar-refractivity contribution is 0.0942. The molecule has 4 N–H and O–H groups in total. The highest BCUT2D eigenvalue weighted by Gasteiger charge is 2.34. The lowest BCUT2D eigenvalue weighted by Gasteiger charge is -2.34. The Kier molecular flexibility index (Phi) is 5.59. The molecule has 1 aromatic heterocycles. The minimum absolute atomic E-state index is 0.0143. The Morgan fingerprint density at radius 2 is 1.91 bits per heavy atom. The van der Waals surface area contributed by atoms with E-state index in [1.54, 1.807) is 12.1 Å². The first-order chi connectivity index (χ1) is 15.3. The van der Waals surface area contributed by atoms with Crippen LogP contribution in [0.5, 0.6) is 5.75 Å². The van der Waals surface area contributed by atoms with Gasteiger partial charge >= 0.3 is 6.09 Å². The van der Waals surface area contributed by atoms with Crippen LogP contribution in [0.4, 0.5) is 14.9 Å². The van der Waals surface area contributed by atoms with Gasteiger partial charge in [-0.15, -0.1) is 0 Å². The summed E-state index contributed by atoms with van der Waals surface area (Å²) in [6.45, 7) is 0.0143. The fourth-order valence-corrected chi connectivity index (χ4v) is 3.71. The molecule has 0 spiro atoms. The molecule has 0 fully saturated rings. The first-order valence-corrected chi connectivity index (χ1v) is 9.81. The van der Waals surface area contributed by atoms with Crippen LogP contribution in [-0.2, 0) is 13.0 Å². The van der Waals surface area contributed by atoms with Gasteiger partial charge in [0.2, 0.25) is 5.75 Å². The largest absolute Gasteiger partial charge is 0.501 e. The van der Waals surface area contributed by atoms with Crippen molar-refractivity contribution in [3.8, 4) is 5.75 Å². The Morgan fingerprint density at radius 3 is 2.62 bits per heavy atom. The molecule has 2 heterocycles. The first kappa shape index (κ1) is 21.0. The van der Waals surface area contributed by atoms with Gasteiger partial charge in [0.05, 0.1) is 11.7 Å². The van der Waals surface area contributed by atoms with Gasteiger partial charge in [0.1, 0.15) is 11.6 Å². The minimum atomic E-state index is -1.24. The number of fused-ring (bicyclic) bond motifs is 1. The summed E-state index contributed by atoms with van der Waals surface area (Å²) in [6, 6.07) is 11.6. The van der Waals surface area contributed by atoms with Crippen LogP contribution < -0.4 is 15.8 Å². The molecule has 4 rings (SSSR count). The van der Waals surface area contributed by atoms with Crippen LogP contribution in [0, 0.1) is 5.82 Å². The number of halogens is 1. The van der Waals surface area contributed by atoms with Gasteiger partial charge in [-0.05, 0) is 42.2 Å². The van der Waals surface area contributed by atoms with E-state index in [0.717, 1.165) is 10.5 Å². The average Bonchev–Trinajstić information content (AvgIpc) is 2.79. The third kappa shape index (κ3) is 4.02. The lowest BCUT2D eigenvalue weighted by atomic mass is 9.95. The van der Waals surface area contributed by atoms with E-state index in [2.05, 4.69) is 15.3 Å². The van der Waals surface area contributed by atoms with Crippen LogP contribution in [0.15, 0.2) is 53.3 Å². The molecule has 1 unspecified atom stereocenters. The van der Waals surface area contributed by atoms with Gasteiger partial charge in [0.15, 0.2) is 5.69 Å². The topological polar surface area (TPSA) is 136 Å². The number of para-hydroxylation sites is 1. The number of aromatic hydroxyl groups is 1. The number of amides is 2. The summed E-state index contributed by atoms with van der Waals surface area (Å²) in [5.74, 6) is -2.16. The molecule has 164 valence electrons. The maximum absolute atomic E-state index is 13.0. The second kappa shape index (κ2) is 8.50. The molecule has 0 saturated heterocycles. The smallest absolute Gasteiger partial charge is 0.412 e. The number of aryl methyl sites for hydroxylation is 1. The molecule has 9 nitrogen and oxygen atoms in total. The molecule has 0 radical (unpaired) electrons. The van der Waals surface area contributed by atoms with Crippen molar-refractivity contribution in [2.24, 2.45) is 0 Å². The molecule has 2 aromatic carbocycles. The minimum Gasteiger partial charge on any atom is -0.501 e. The molecule has 1 aliphatic rings. The standard InChI is InChI=1S/C22H19FN4O5/c23-14-8-5-12(6-9-14)11-24-20(29)17-18(28)21(30)26-19(25-17)16-10-7-13-3-1-2-4-15(13)27(16)22(31)32/h1-6,8-9,16,28H,7,10-11H2,(H,24,29)(H,31,32)(H,25,26,30). The fourth-order valence-electron chi connectivity index (χ4n) is 3.71. The van der Waals surface area contributed by atoms with Crippen LogP contribution in [0.3, 0.4) is 0 Å².